The number of urea groups is 1. The number of hydrogen-bond donors (Lipinski definition) is 3. The van der Waals surface area contributed by atoms with E-state index in [2.05, 4.69) is 16.0 Å². The molecule has 1 saturated heterocycles. The summed E-state index contributed by atoms with van der Waals surface area (Å²) in [5.74, 6) is -0.164. The van der Waals surface area contributed by atoms with Gasteiger partial charge in [-0.15, -0.1) is 0 Å². The maximum Gasteiger partial charge on any atom is 0.323 e. The zero-order valence-electron chi connectivity index (χ0n) is 16.8. The van der Waals surface area contributed by atoms with E-state index in [9.17, 15) is 14.4 Å². The van der Waals surface area contributed by atoms with Gasteiger partial charge in [-0.3, -0.25) is 9.59 Å². The molecule has 1 heterocycles. The Balaban J connectivity index is 1.37. The molecule has 7 nitrogen and oxygen atoms in total. The van der Waals surface area contributed by atoms with Crippen molar-refractivity contribution >= 4 is 40.6 Å². The van der Waals surface area contributed by atoms with Crippen molar-refractivity contribution in [2.75, 3.05) is 27.4 Å². The van der Waals surface area contributed by atoms with E-state index in [0.29, 0.717) is 35.6 Å². The van der Waals surface area contributed by atoms with Crippen molar-refractivity contribution < 1.29 is 14.4 Å². The van der Waals surface area contributed by atoms with E-state index in [-0.39, 0.29) is 17.8 Å². The average Bonchev–Trinajstić information content (AvgIpc) is 3.20. The molecule has 1 aliphatic heterocycles. The summed E-state index contributed by atoms with van der Waals surface area (Å²) in [5.41, 5.74) is 3.07. The van der Waals surface area contributed by atoms with E-state index in [1.54, 1.807) is 65.6 Å². The first kappa shape index (κ1) is 20.2. The molecule has 3 aromatic rings. The molecule has 0 aromatic heterocycles. The number of hydrogen-bond acceptors (Lipinski definition) is 3. The van der Waals surface area contributed by atoms with Gasteiger partial charge in [-0.1, -0.05) is 24.3 Å². The first-order chi connectivity index (χ1) is 15.1. The molecule has 3 aromatic carbocycles. The van der Waals surface area contributed by atoms with Gasteiger partial charge in [0.2, 0.25) is 5.91 Å². The molecule has 7 heteroatoms. The lowest BCUT2D eigenvalue weighted by molar-refractivity contribution is -0.117. The van der Waals surface area contributed by atoms with Crippen LogP contribution in [0.3, 0.4) is 0 Å². The first-order valence-electron chi connectivity index (χ1n) is 10.0. The van der Waals surface area contributed by atoms with Gasteiger partial charge < -0.3 is 20.9 Å². The highest BCUT2D eigenvalue weighted by Crippen LogP contribution is 2.22. The number of anilines is 4. The SMILES string of the molecule is O=C(Nc1ccccc1)Nc1cccc(NC(=O)c2ccc(N3CCCC3=O)cc2)c1. The number of rotatable bonds is 5. The molecule has 0 aliphatic carbocycles. The van der Waals surface area contributed by atoms with Crippen LogP contribution in [0.15, 0.2) is 78.9 Å². The minimum Gasteiger partial charge on any atom is -0.322 e. The van der Waals surface area contributed by atoms with Crippen LogP contribution in [0.25, 0.3) is 0 Å². The van der Waals surface area contributed by atoms with Gasteiger partial charge in [0, 0.05) is 41.3 Å². The molecule has 0 spiro atoms. The number of para-hydroxylation sites is 1. The lowest BCUT2D eigenvalue weighted by Crippen LogP contribution is -2.23. The second-order valence-corrected chi connectivity index (χ2v) is 7.18. The Hall–Kier alpha value is -4.13. The van der Waals surface area contributed by atoms with Crippen molar-refractivity contribution in [2.45, 2.75) is 12.8 Å². The van der Waals surface area contributed by atoms with E-state index in [1.165, 1.54) is 0 Å². The number of benzene rings is 3. The van der Waals surface area contributed by atoms with Crippen LogP contribution < -0.4 is 20.9 Å². The summed E-state index contributed by atoms with van der Waals surface area (Å²) in [6, 6.07) is 22.6. The molecule has 3 N–H and O–H groups in total. The Kier molecular flexibility index (Phi) is 5.93. The molecule has 4 rings (SSSR count). The topological polar surface area (TPSA) is 90.5 Å². The zero-order chi connectivity index (χ0) is 21.6. The van der Waals surface area contributed by atoms with Crippen LogP contribution in [0.5, 0.6) is 0 Å². The maximum absolute atomic E-state index is 12.6. The van der Waals surface area contributed by atoms with Crippen molar-refractivity contribution in [3.63, 3.8) is 0 Å². The highest BCUT2D eigenvalue weighted by molar-refractivity contribution is 6.05. The van der Waals surface area contributed by atoms with E-state index in [1.807, 2.05) is 18.2 Å². The Morgan fingerprint density at radius 3 is 2.06 bits per heavy atom. The fraction of sp³-hybridized carbons (Fsp3) is 0.125. The fourth-order valence-electron chi connectivity index (χ4n) is 3.41. The number of amides is 4. The van der Waals surface area contributed by atoms with Gasteiger partial charge in [0.25, 0.3) is 5.91 Å². The van der Waals surface area contributed by atoms with E-state index in [0.717, 1.165) is 12.1 Å². The number of nitrogens with one attached hydrogen (secondary N) is 3. The second-order valence-electron chi connectivity index (χ2n) is 7.18. The minimum atomic E-state index is -0.373. The molecule has 0 saturated carbocycles. The summed E-state index contributed by atoms with van der Waals surface area (Å²) in [6.07, 6.45) is 1.42. The van der Waals surface area contributed by atoms with E-state index < -0.39 is 0 Å². The predicted octanol–water partition coefficient (Wildman–Crippen LogP) is 4.71. The highest BCUT2D eigenvalue weighted by atomic mass is 16.2. The van der Waals surface area contributed by atoms with E-state index >= 15 is 0 Å². The molecule has 0 atom stereocenters. The summed E-state index contributed by atoms with van der Waals surface area (Å²) >= 11 is 0. The number of carbonyl (C=O) groups excluding carboxylic acids is 3. The van der Waals surface area contributed by atoms with Gasteiger partial charge >= 0.3 is 6.03 Å². The summed E-state index contributed by atoms with van der Waals surface area (Å²) in [4.78, 5) is 38.3. The van der Waals surface area contributed by atoms with Crippen LogP contribution in [0.2, 0.25) is 0 Å². The summed E-state index contributed by atoms with van der Waals surface area (Å²) < 4.78 is 0. The second kappa shape index (κ2) is 9.13. The van der Waals surface area contributed by atoms with Gasteiger partial charge in [-0.25, -0.2) is 4.79 Å². The Labute approximate surface area is 180 Å². The molecule has 156 valence electrons. The van der Waals surface area contributed by atoms with Gasteiger partial charge in [0.05, 0.1) is 0 Å². The van der Waals surface area contributed by atoms with Crippen molar-refractivity contribution in [1.29, 1.82) is 0 Å². The van der Waals surface area contributed by atoms with Crippen LogP contribution in [0.1, 0.15) is 23.2 Å². The Morgan fingerprint density at radius 2 is 1.39 bits per heavy atom. The Morgan fingerprint density at radius 1 is 0.742 bits per heavy atom. The molecule has 31 heavy (non-hydrogen) atoms. The standard InChI is InChI=1S/C24H22N4O3/c29-22-10-5-15-28(22)21-13-11-17(12-14-21)23(30)25-19-8-4-9-20(16-19)27-24(31)26-18-6-2-1-3-7-18/h1-4,6-9,11-14,16H,5,10,15H2,(H,25,30)(H2,26,27,31). The molecular formula is C24H22N4O3. The third-order valence-corrected chi connectivity index (χ3v) is 4.92. The zero-order valence-corrected chi connectivity index (χ0v) is 16.8. The lowest BCUT2D eigenvalue weighted by Gasteiger charge is -2.16. The van der Waals surface area contributed by atoms with Crippen LogP contribution in [-0.2, 0) is 4.79 Å². The van der Waals surface area contributed by atoms with Crippen LogP contribution in [-0.4, -0.2) is 24.4 Å². The fourth-order valence-corrected chi connectivity index (χ4v) is 3.41. The van der Waals surface area contributed by atoms with Crippen LogP contribution in [0.4, 0.5) is 27.5 Å². The molecule has 0 radical (unpaired) electrons. The normalized spacial score (nSPS) is 13.0. The third-order valence-electron chi connectivity index (χ3n) is 4.92. The van der Waals surface area contributed by atoms with Crippen molar-refractivity contribution in [1.82, 2.24) is 0 Å². The van der Waals surface area contributed by atoms with Gasteiger partial charge in [0.1, 0.15) is 0 Å². The highest BCUT2D eigenvalue weighted by Gasteiger charge is 2.21. The van der Waals surface area contributed by atoms with Gasteiger partial charge in [0.15, 0.2) is 0 Å². The predicted molar refractivity (Wildman–Crippen MR) is 122 cm³/mol. The van der Waals surface area contributed by atoms with E-state index in [4.69, 9.17) is 0 Å². The number of carbonyl (C=O) groups is 3. The molecule has 4 amide bonds. The van der Waals surface area contributed by atoms with Crippen molar-refractivity contribution in [2.24, 2.45) is 0 Å². The van der Waals surface area contributed by atoms with Crippen molar-refractivity contribution in [3.8, 4) is 0 Å². The molecule has 0 unspecified atom stereocenters. The lowest BCUT2D eigenvalue weighted by atomic mass is 10.1. The summed E-state index contributed by atoms with van der Waals surface area (Å²) in [5, 5.41) is 8.32. The maximum atomic E-state index is 12.6. The summed E-state index contributed by atoms with van der Waals surface area (Å²) in [6.45, 7) is 0.710. The minimum absolute atomic E-state index is 0.109. The van der Waals surface area contributed by atoms with Gasteiger partial charge in [-0.2, -0.15) is 0 Å². The first-order valence-corrected chi connectivity index (χ1v) is 10.0. The smallest absolute Gasteiger partial charge is 0.322 e. The molecule has 1 fully saturated rings. The monoisotopic (exact) mass is 414 g/mol. The third kappa shape index (κ3) is 5.08. The molecular weight excluding hydrogens is 392 g/mol. The average molecular weight is 414 g/mol. The largest absolute Gasteiger partial charge is 0.323 e. The summed E-state index contributed by atoms with van der Waals surface area (Å²) in [7, 11) is 0. The molecule has 1 aliphatic rings. The quantitative estimate of drug-likeness (QED) is 0.565. The Bertz CT molecular complexity index is 1100. The van der Waals surface area contributed by atoms with Crippen LogP contribution >= 0.6 is 0 Å². The number of nitrogens with zero attached hydrogens (tertiary/aromatic N) is 1. The molecule has 0 bridgehead atoms. The van der Waals surface area contributed by atoms with Gasteiger partial charge in [-0.05, 0) is 61.0 Å². The van der Waals surface area contributed by atoms with Crippen molar-refractivity contribution in [3.05, 3.63) is 84.4 Å². The van der Waals surface area contributed by atoms with Crippen LogP contribution in [0, 0.1) is 0 Å².